The summed E-state index contributed by atoms with van der Waals surface area (Å²) < 4.78 is 59.6. The molecule has 1 amide bonds. The van der Waals surface area contributed by atoms with Crippen molar-refractivity contribution in [2.45, 2.75) is 36.6 Å². The van der Waals surface area contributed by atoms with E-state index in [2.05, 4.69) is 9.88 Å². The number of carbonyl (C=O) groups is 1. The van der Waals surface area contributed by atoms with Crippen LogP contribution in [0.25, 0.3) is 0 Å². The van der Waals surface area contributed by atoms with Crippen LogP contribution in [0.5, 0.6) is 0 Å². The van der Waals surface area contributed by atoms with Crippen molar-refractivity contribution in [3.8, 4) is 6.07 Å². The standard InChI is InChI=1S/C19H23N5O6S2/c1-13-18(15(3)30-21-13)31(26,27)22-14(2)19(25)23-8-10-24(11-9-23)32(28,29)17-7-5-4-6-16(17)12-20/h4-7,14,22H,8-11H2,1-3H3/t14-/m0/s1. The molecule has 3 rings (SSSR count). The first-order valence-corrected chi connectivity index (χ1v) is 12.6. The maximum absolute atomic E-state index is 12.9. The summed E-state index contributed by atoms with van der Waals surface area (Å²) in [5, 5.41) is 12.8. The number of sulfonamides is 2. The number of amides is 1. The molecule has 1 aliphatic rings. The van der Waals surface area contributed by atoms with Crippen LogP contribution in [0, 0.1) is 25.2 Å². The molecule has 32 heavy (non-hydrogen) atoms. The Morgan fingerprint density at radius 1 is 1.16 bits per heavy atom. The molecule has 0 unspecified atom stereocenters. The van der Waals surface area contributed by atoms with Gasteiger partial charge in [-0.15, -0.1) is 0 Å². The maximum Gasteiger partial charge on any atom is 0.246 e. The fourth-order valence-electron chi connectivity index (χ4n) is 3.55. The summed E-state index contributed by atoms with van der Waals surface area (Å²) in [4.78, 5) is 14.0. The summed E-state index contributed by atoms with van der Waals surface area (Å²) in [5.74, 6) is -0.360. The molecule has 1 aromatic heterocycles. The van der Waals surface area contributed by atoms with E-state index in [1.165, 1.54) is 42.1 Å². The van der Waals surface area contributed by atoms with Gasteiger partial charge in [0.15, 0.2) is 5.76 Å². The van der Waals surface area contributed by atoms with Crippen molar-refractivity contribution in [3.63, 3.8) is 0 Å². The van der Waals surface area contributed by atoms with Crippen LogP contribution in [-0.4, -0.2) is 69.3 Å². The smallest absolute Gasteiger partial charge is 0.246 e. The molecular formula is C19H23N5O6S2. The minimum atomic E-state index is -4.03. The summed E-state index contributed by atoms with van der Waals surface area (Å²) in [5.41, 5.74) is 0.236. The van der Waals surface area contributed by atoms with Crippen LogP contribution in [0.2, 0.25) is 0 Å². The molecule has 1 saturated heterocycles. The van der Waals surface area contributed by atoms with Crippen molar-refractivity contribution in [1.29, 1.82) is 5.26 Å². The van der Waals surface area contributed by atoms with Gasteiger partial charge in [0.05, 0.1) is 16.5 Å². The van der Waals surface area contributed by atoms with Gasteiger partial charge >= 0.3 is 0 Å². The van der Waals surface area contributed by atoms with E-state index in [0.29, 0.717) is 0 Å². The van der Waals surface area contributed by atoms with Crippen molar-refractivity contribution in [3.05, 3.63) is 41.3 Å². The lowest BCUT2D eigenvalue weighted by Gasteiger charge is -2.35. The van der Waals surface area contributed by atoms with Crippen LogP contribution in [0.15, 0.2) is 38.6 Å². The number of aromatic nitrogens is 1. The quantitative estimate of drug-likeness (QED) is 0.620. The number of hydrogen-bond donors (Lipinski definition) is 1. The molecule has 0 spiro atoms. The van der Waals surface area contributed by atoms with E-state index >= 15 is 0 Å². The van der Waals surface area contributed by atoms with Crippen LogP contribution in [0.3, 0.4) is 0 Å². The predicted molar refractivity (Wildman–Crippen MR) is 112 cm³/mol. The average molecular weight is 482 g/mol. The molecule has 1 N–H and O–H groups in total. The van der Waals surface area contributed by atoms with Crippen LogP contribution in [0.4, 0.5) is 0 Å². The molecule has 13 heteroatoms. The van der Waals surface area contributed by atoms with Gasteiger partial charge in [-0.05, 0) is 32.9 Å². The Morgan fingerprint density at radius 2 is 1.78 bits per heavy atom. The van der Waals surface area contributed by atoms with Gasteiger partial charge in [0.2, 0.25) is 26.0 Å². The monoisotopic (exact) mass is 481 g/mol. The Bertz CT molecular complexity index is 1250. The van der Waals surface area contributed by atoms with Gasteiger partial charge in [0, 0.05) is 26.2 Å². The van der Waals surface area contributed by atoms with E-state index in [1.807, 2.05) is 6.07 Å². The highest BCUT2D eigenvalue weighted by Crippen LogP contribution is 2.22. The molecule has 1 fully saturated rings. The fraction of sp³-hybridized carbons (Fsp3) is 0.421. The van der Waals surface area contributed by atoms with Crippen LogP contribution >= 0.6 is 0 Å². The van der Waals surface area contributed by atoms with Crippen molar-refractivity contribution < 1.29 is 26.2 Å². The Morgan fingerprint density at radius 3 is 2.34 bits per heavy atom. The maximum atomic E-state index is 12.9. The Labute approximate surface area is 186 Å². The molecule has 0 aliphatic carbocycles. The molecule has 1 aromatic carbocycles. The number of nitriles is 1. The third kappa shape index (κ3) is 4.53. The number of carbonyl (C=O) groups excluding carboxylic acids is 1. The Hall–Kier alpha value is -2.79. The zero-order valence-electron chi connectivity index (χ0n) is 17.8. The minimum absolute atomic E-state index is 0.0250. The van der Waals surface area contributed by atoms with Gasteiger partial charge in [-0.3, -0.25) is 4.79 Å². The molecule has 11 nitrogen and oxygen atoms in total. The molecule has 1 aliphatic heterocycles. The normalized spacial score (nSPS) is 16.5. The second kappa shape index (κ2) is 8.99. The largest absolute Gasteiger partial charge is 0.360 e. The second-order valence-electron chi connectivity index (χ2n) is 7.33. The summed E-state index contributed by atoms with van der Waals surface area (Å²) in [6, 6.07) is 6.73. The number of aryl methyl sites for hydroxylation is 2. The lowest BCUT2D eigenvalue weighted by molar-refractivity contribution is -0.133. The van der Waals surface area contributed by atoms with Crippen molar-refractivity contribution in [1.82, 2.24) is 19.1 Å². The second-order valence-corrected chi connectivity index (χ2v) is 10.9. The number of nitrogens with zero attached hydrogens (tertiary/aromatic N) is 4. The van der Waals surface area contributed by atoms with Gasteiger partial charge < -0.3 is 9.42 Å². The first kappa shape index (κ1) is 23.9. The molecule has 1 atom stereocenters. The summed E-state index contributed by atoms with van der Waals surface area (Å²) >= 11 is 0. The fourth-order valence-corrected chi connectivity index (χ4v) is 6.64. The van der Waals surface area contributed by atoms with Crippen LogP contribution in [-0.2, 0) is 24.8 Å². The number of benzene rings is 1. The summed E-state index contributed by atoms with van der Waals surface area (Å²) in [6.07, 6.45) is 0. The summed E-state index contributed by atoms with van der Waals surface area (Å²) in [7, 11) is -7.93. The third-order valence-electron chi connectivity index (χ3n) is 5.11. The van der Waals surface area contributed by atoms with Gasteiger partial charge in [-0.1, -0.05) is 17.3 Å². The highest BCUT2D eigenvalue weighted by molar-refractivity contribution is 7.89. The van der Waals surface area contributed by atoms with Crippen molar-refractivity contribution in [2.75, 3.05) is 26.2 Å². The summed E-state index contributed by atoms with van der Waals surface area (Å²) in [6.45, 7) is 4.60. The van der Waals surface area contributed by atoms with Crippen LogP contribution in [0.1, 0.15) is 23.9 Å². The predicted octanol–water partition coefficient (Wildman–Crippen LogP) is 0.363. The lowest BCUT2D eigenvalue weighted by atomic mass is 10.2. The number of nitrogens with one attached hydrogen (secondary N) is 1. The highest BCUT2D eigenvalue weighted by Gasteiger charge is 2.34. The SMILES string of the molecule is Cc1noc(C)c1S(=O)(=O)N[C@@H](C)C(=O)N1CCN(S(=O)(=O)c2ccccc2C#N)CC1. The number of hydrogen-bond acceptors (Lipinski definition) is 8. The van der Waals surface area contributed by atoms with E-state index in [9.17, 15) is 26.9 Å². The average Bonchev–Trinajstić information content (AvgIpc) is 3.11. The Kier molecular flexibility index (Phi) is 6.70. The van der Waals surface area contributed by atoms with E-state index in [0.717, 1.165) is 0 Å². The lowest BCUT2D eigenvalue weighted by Crippen LogP contribution is -2.55. The third-order valence-corrected chi connectivity index (χ3v) is 8.86. The zero-order valence-corrected chi connectivity index (χ0v) is 19.4. The van der Waals surface area contributed by atoms with Crippen molar-refractivity contribution >= 4 is 26.0 Å². The molecule has 2 heterocycles. The first-order valence-electron chi connectivity index (χ1n) is 9.72. The number of piperazine rings is 1. The number of rotatable bonds is 6. The van der Waals surface area contributed by atoms with E-state index < -0.39 is 32.0 Å². The highest BCUT2D eigenvalue weighted by atomic mass is 32.2. The molecular weight excluding hydrogens is 458 g/mol. The van der Waals surface area contributed by atoms with Gasteiger partial charge in [-0.2, -0.15) is 14.3 Å². The first-order chi connectivity index (χ1) is 15.0. The molecule has 172 valence electrons. The molecule has 0 bridgehead atoms. The van der Waals surface area contributed by atoms with Gasteiger partial charge in [-0.25, -0.2) is 16.8 Å². The minimum Gasteiger partial charge on any atom is -0.360 e. The van der Waals surface area contributed by atoms with E-state index in [4.69, 9.17) is 4.52 Å². The van der Waals surface area contributed by atoms with E-state index in [-0.39, 0.29) is 53.0 Å². The van der Waals surface area contributed by atoms with Crippen molar-refractivity contribution in [2.24, 2.45) is 0 Å². The molecule has 0 radical (unpaired) electrons. The molecule has 0 saturated carbocycles. The van der Waals surface area contributed by atoms with E-state index in [1.54, 1.807) is 12.1 Å². The van der Waals surface area contributed by atoms with Gasteiger partial charge in [0.1, 0.15) is 16.7 Å². The van der Waals surface area contributed by atoms with Crippen LogP contribution < -0.4 is 4.72 Å². The van der Waals surface area contributed by atoms with Gasteiger partial charge in [0.25, 0.3) is 0 Å². The Balaban J connectivity index is 1.67. The molecule has 2 aromatic rings. The topological polar surface area (TPSA) is 154 Å². The zero-order chi connectivity index (χ0) is 23.7.